The van der Waals surface area contributed by atoms with Gasteiger partial charge in [-0.25, -0.2) is 0 Å². The van der Waals surface area contributed by atoms with Gasteiger partial charge in [-0.15, -0.1) is 0 Å². The molecule has 0 saturated carbocycles. The van der Waals surface area contributed by atoms with Crippen molar-refractivity contribution >= 4 is 5.96 Å². The molecule has 0 heterocycles. The normalized spacial score (nSPS) is 11.2. The third kappa shape index (κ3) is 6.03. The highest BCUT2D eigenvalue weighted by molar-refractivity contribution is 5.77. The highest BCUT2D eigenvalue weighted by atomic mass is 16.5. The number of methoxy groups -OCH3 is 2. The summed E-state index contributed by atoms with van der Waals surface area (Å²) in [6.07, 6.45) is 1.72. The number of nitrogens with two attached hydrogens (primary N) is 1. The zero-order valence-electron chi connectivity index (χ0n) is 15.2. The average molecular weight is 341 g/mol. The summed E-state index contributed by atoms with van der Waals surface area (Å²) >= 11 is 0. The molecule has 0 atom stereocenters. The van der Waals surface area contributed by atoms with Gasteiger partial charge >= 0.3 is 0 Å². The van der Waals surface area contributed by atoms with Gasteiger partial charge in [0.2, 0.25) is 0 Å². The van der Waals surface area contributed by atoms with Crippen LogP contribution in [0.2, 0.25) is 0 Å². The molecule has 0 radical (unpaired) electrons. The number of aliphatic imine (C=N–C) groups is 1. The minimum absolute atomic E-state index is 0.479. The van der Waals surface area contributed by atoms with Crippen molar-refractivity contribution in [1.82, 2.24) is 5.32 Å². The van der Waals surface area contributed by atoms with E-state index in [1.807, 2.05) is 18.2 Å². The van der Waals surface area contributed by atoms with Crippen LogP contribution < -0.4 is 20.5 Å². The van der Waals surface area contributed by atoms with Gasteiger partial charge in [-0.1, -0.05) is 35.9 Å². The molecule has 0 spiro atoms. The van der Waals surface area contributed by atoms with Crippen molar-refractivity contribution in [2.75, 3.05) is 27.3 Å². The summed E-state index contributed by atoms with van der Waals surface area (Å²) in [5, 5.41) is 3.15. The van der Waals surface area contributed by atoms with E-state index in [1.165, 1.54) is 11.1 Å². The first-order valence-corrected chi connectivity index (χ1v) is 8.42. The van der Waals surface area contributed by atoms with Crippen LogP contribution in [0.3, 0.4) is 0 Å². The standard InChI is InChI=1S/C20H27N3O2/c1-15-4-6-16(7-5-15)10-12-22-20(21)23-13-11-17-8-9-18(24-2)19(14-17)25-3/h4-9,14H,10-13H2,1-3H3,(H3,21,22,23). The summed E-state index contributed by atoms with van der Waals surface area (Å²) in [7, 11) is 3.27. The Morgan fingerprint density at radius 2 is 1.64 bits per heavy atom. The smallest absolute Gasteiger partial charge is 0.188 e. The molecule has 0 unspecified atom stereocenters. The van der Waals surface area contributed by atoms with Crippen LogP contribution in [0, 0.1) is 6.92 Å². The van der Waals surface area contributed by atoms with Gasteiger partial charge in [0.1, 0.15) is 0 Å². The second-order valence-corrected chi connectivity index (χ2v) is 5.87. The Bertz CT molecular complexity index is 697. The highest BCUT2D eigenvalue weighted by Gasteiger charge is 2.04. The maximum atomic E-state index is 5.92. The number of hydrogen-bond acceptors (Lipinski definition) is 3. The average Bonchev–Trinajstić information content (AvgIpc) is 2.63. The van der Waals surface area contributed by atoms with Gasteiger partial charge in [-0.3, -0.25) is 4.99 Å². The van der Waals surface area contributed by atoms with Crippen LogP contribution in [0.5, 0.6) is 11.5 Å². The monoisotopic (exact) mass is 341 g/mol. The van der Waals surface area contributed by atoms with E-state index in [0.29, 0.717) is 12.5 Å². The summed E-state index contributed by atoms with van der Waals surface area (Å²) in [5.41, 5.74) is 9.61. The number of nitrogens with one attached hydrogen (secondary N) is 1. The van der Waals surface area contributed by atoms with Gasteiger partial charge in [-0.05, 0) is 43.0 Å². The van der Waals surface area contributed by atoms with E-state index in [-0.39, 0.29) is 0 Å². The lowest BCUT2D eigenvalue weighted by Gasteiger charge is -2.10. The molecule has 0 aliphatic carbocycles. The molecule has 25 heavy (non-hydrogen) atoms. The number of guanidine groups is 1. The maximum absolute atomic E-state index is 5.92. The molecule has 2 rings (SSSR count). The predicted octanol–water partition coefficient (Wildman–Crippen LogP) is 2.70. The molecule has 134 valence electrons. The third-order valence-electron chi connectivity index (χ3n) is 3.97. The van der Waals surface area contributed by atoms with Crippen LogP contribution in [-0.4, -0.2) is 33.3 Å². The van der Waals surface area contributed by atoms with Gasteiger partial charge < -0.3 is 20.5 Å². The first-order chi connectivity index (χ1) is 12.1. The maximum Gasteiger partial charge on any atom is 0.188 e. The summed E-state index contributed by atoms with van der Waals surface area (Å²) in [4.78, 5) is 4.37. The fourth-order valence-corrected chi connectivity index (χ4v) is 2.49. The highest BCUT2D eigenvalue weighted by Crippen LogP contribution is 2.27. The van der Waals surface area contributed by atoms with Crippen LogP contribution >= 0.6 is 0 Å². The molecule has 0 aliphatic heterocycles. The molecule has 0 aromatic heterocycles. The zero-order valence-corrected chi connectivity index (χ0v) is 15.2. The summed E-state index contributed by atoms with van der Waals surface area (Å²) < 4.78 is 10.6. The Balaban J connectivity index is 1.75. The Labute approximate surface area is 149 Å². The topological polar surface area (TPSA) is 68.9 Å². The third-order valence-corrected chi connectivity index (χ3v) is 3.97. The van der Waals surface area contributed by atoms with Crippen LogP contribution in [0.15, 0.2) is 47.5 Å². The van der Waals surface area contributed by atoms with Crippen molar-refractivity contribution < 1.29 is 9.47 Å². The Hall–Kier alpha value is -2.69. The van der Waals surface area contributed by atoms with Crippen molar-refractivity contribution in [2.24, 2.45) is 10.7 Å². The molecular weight excluding hydrogens is 314 g/mol. The molecule has 2 aromatic carbocycles. The number of ether oxygens (including phenoxy) is 2. The molecule has 0 bridgehead atoms. The van der Waals surface area contributed by atoms with Gasteiger partial charge in [0, 0.05) is 13.1 Å². The number of nitrogens with zero attached hydrogens (tertiary/aromatic N) is 1. The SMILES string of the molecule is COc1ccc(CCNC(N)=NCCc2ccc(C)cc2)cc1OC. The Morgan fingerprint density at radius 3 is 2.32 bits per heavy atom. The van der Waals surface area contributed by atoms with E-state index < -0.39 is 0 Å². The number of benzene rings is 2. The molecule has 5 nitrogen and oxygen atoms in total. The van der Waals surface area contributed by atoms with Crippen molar-refractivity contribution in [3.63, 3.8) is 0 Å². The molecule has 5 heteroatoms. The number of rotatable bonds is 8. The molecule has 0 saturated heterocycles. The van der Waals surface area contributed by atoms with Crippen LogP contribution in [-0.2, 0) is 12.8 Å². The fourth-order valence-electron chi connectivity index (χ4n) is 2.49. The van der Waals surface area contributed by atoms with Gasteiger partial charge in [-0.2, -0.15) is 0 Å². The molecular formula is C20H27N3O2. The van der Waals surface area contributed by atoms with Gasteiger partial charge in [0.05, 0.1) is 14.2 Å². The first kappa shape index (κ1) is 18.6. The zero-order chi connectivity index (χ0) is 18.1. The van der Waals surface area contributed by atoms with E-state index in [2.05, 4.69) is 41.5 Å². The quantitative estimate of drug-likeness (QED) is 0.572. The van der Waals surface area contributed by atoms with E-state index in [0.717, 1.165) is 36.4 Å². The minimum Gasteiger partial charge on any atom is -0.493 e. The van der Waals surface area contributed by atoms with E-state index in [4.69, 9.17) is 15.2 Å². The predicted molar refractivity (Wildman–Crippen MR) is 103 cm³/mol. The van der Waals surface area contributed by atoms with Gasteiger partial charge in [0.25, 0.3) is 0 Å². The van der Waals surface area contributed by atoms with Crippen LogP contribution in [0.4, 0.5) is 0 Å². The number of hydrogen-bond donors (Lipinski definition) is 2. The van der Waals surface area contributed by atoms with Crippen molar-refractivity contribution in [1.29, 1.82) is 0 Å². The lowest BCUT2D eigenvalue weighted by atomic mass is 10.1. The van der Waals surface area contributed by atoms with Crippen LogP contribution in [0.1, 0.15) is 16.7 Å². The second-order valence-electron chi connectivity index (χ2n) is 5.87. The summed E-state index contributed by atoms with van der Waals surface area (Å²) in [6, 6.07) is 14.4. The van der Waals surface area contributed by atoms with Gasteiger partial charge in [0.15, 0.2) is 17.5 Å². The number of aryl methyl sites for hydroxylation is 1. The molecule has 3 N–H and O–H groups in total. The second kappa shape index (κ2) is 9.57. The molecule has 0 fully saturated rings. The van der Waals surface area contributed by atoms with E-state index in [9.17, 15) is 0 Å². The van der Waals surface area contributed by atoms with Crippen molar-refractivity contribution in [2.45, 2.75) is 19.8 Å². The van der Waals surface area contributed by atoms with Crippen molar-refractivity contribution in [3.05, 3.63) is 59.2 Å². The van der Waals surface area contributed by atoms with Crippen molar-refractivity contribution in [3.8, 4) is 11.5 Å². The molecule has 0 aliphatic rings. The Morgan fingerprint density at radius 1 is 0.960 bits per heavy atom. The summed E-state index contributed by atoms with van der Waals surface area (Å²) in [5.74, 6) is 1.95. The molecule has 2 aromatic rings. The minimum atomic E-state index is 0.479. The first-order valence-electron chi connectivity index (χ1n) is 8.42. The Kier molecular flexibility index (Phi) is 7.14. The van der Waals surface area contributed by atoms with E-state index >= 15 is 0 Å². The van der Waals surface area contributed by atoms with E-state index in [1.54, 1.807) is 14.2 Å². The van der Waals surface area contributed by atoms with Crippen LogP contribution in [0.25, 0.3) is 0 Å². The fraction of sp³-hybridized carbons (Fsp3) is 0.350. The summed E-state index contributed by atoms with van der Waals surface area (Å²) in [6.45, 7) is 3.48. The molecule has 0 amide bonds. The largest absolute Gasteiger partial charge is 0.493 e. The lowest BCUT2D eigenvalue weighted by Crippen LogP contribution is -2.33. The lowest BCUT2D eigenvalue weighted by molar-refractivity contribution is 0.354.